The Morgan fingerprint density at radius 2 is 1.64 bits per heavy atom. The molecule has 5 aromatic rings. The Kier molecular flexibility index (Phi) is 5.28. The molecule has 0 fully saturated rings. The summed E-state index contributed by atoms with van der Waals surface area (Å²) in [5.74, 6) is 0.583. The van der Waals surface area contributed by atoms with Crippen molar-refractivity contribution in [2.75, 3.05) is 0 Å². The van der Waals surface area contributed by atoms with Gasteiger partial charge < -0.3 is 4.42 Å². The van der Waals surface area contributed by atoms with Crippen LogP contribution in [0.15, 0.2) is 77.3 Å². The number of fused-ring (bicyclic) bond motifs is 3. The molecule has 0 N–H and O–H groups in total. The minimum Gasteiger partial charge on any atom is -0.454 e. The number of hydrogen-bond donors (Lipinski definition) is 0. The van der Waals surface area contributed by atoms with E-state index in [0.717, 1.165) is 45.4 Å². The van der Waals surface area contributed by atoms with Gasteiger partial charge in [-0.25, -0.2) is 4.98 Å². The highest BCUT2D eigenvalue weighted by molar-refractivity contribution is 6.04. The van der Waals surface area contributed by atoms with Crippen molar-refractivity contribution < 1.29 is 4.42 Å². The molecule has 0 bridgehead atoms. The fourth-order valence-electron chi connectivity index (χ4n) is 4.65. The molecule has 0 unspecified atom stereocenters. The van der Waals surface area contributed by atoms with Gasteiger partial charge >= 0.3 is 0 Å². The van der Waals surface area contributed by atoms with Crippen LogP contribution in [0.4, 0.5) is 0 Å². The number of pyridine rings is 2. The first-order chi connectivity index (χ1) is 15.8. The van der Waals surface area contributed by atoms with Gasteiger partial charge in [0.2, 0.25) is 0 Å². The third-order valence-corrected chi connectivity index (χ3v) is 6.60. The standard InChI is InChI=1S/C30H30N2O/c1-19(2)15-21-16-25(31-18-20(21)3)26-17-24(30(4,5)22-11-7-6-8-12-22)29-28(32-26)23-13-9-10-14-27(23)33-29/h6-14,16-19H,15H2,1-5H3. The van der Waals surface area contributed by atoms with E-state index in [1.807, 2.05) is 24.4 Å². The third-order valence-electron chi connectivity index (χ3n) is 6.60. The minimum absolute atomic E-state index is 0.267. The number of aromatic nitrogens is 2. The monoisotopic (exact) mass is 434 g/mol. The number of rotatable bonds is 5. The van der Waals surface area contributed by atoms with Crippen molar-refractivity contribution in [3.05, 3.63) is 95.2 Å². The van der Waals surface area contributed by atoms with Crippen LogP contribution in [0, 0.1) is 12.8 Å². The molecule has 33 heavy (non-hydrogen) atoms. The summed E-state index contributed by atoms with van der Waals surface area (Å²) in [4.78, 5) is 9.89. The van der Waals surface area contributed by atoms with Crippen LogP contribution in [0.3, 0.4) is 0 Å². The van der Waals surface area contributed by atoms with Crippen LogP contribution < -0.4 is 0 Å². The van der Waals surface area contributed by atoms with Crippen LogP contribution in [-0.4, -0.2) is 9.97 Å². The van der Waals surface area contributed by atoms with E-state index in [4.69, 9.17) is 14.4 Å². The normalized spacial score (nSPS) is 12.2. The summed E-state index contributed by atoms with van der Waals surface area (Å²) in [6.45, 7) is 11.1. The fraction of sp³-hybridized carbons (Fsp3) is 0.267. The summed E-state index contributed by atoms with van der Waals surface area (Å²) < 4.78 is 6.39. The molecule has 3 aromatic heterocycles. The molecule has 0 aliphatic rings. The van der Waals surface area contributed by atoms with Crippen molar-refractivity contribution in [3.8, 4) is 11.4 Å². The molecule has 3 heteroatoms. The number of para-hydroxylation sites is 1. The molecular weight excluding hydrogens is 404 g/mol. The highest BCUT2D eigenvalue weighted by Gasteiger charge is 2.29. The van der Waals surface area contributed by atoms with Crippen LogP contribution in [0.1, 0.15) is 49.9 Å². The molecule has 0 spiro atoms. The predicted octanol–water partition coefficient (Wildman–Crippen LogP) is 7.88. The second kappa shape index (κ2) is 8.15. The molecule has 0 aliphatic heterocycles. The lowest BCUT2D eigenvalue weighted by molar-refractivity contribution is 0.607. The average Bonchev–Trinajstić information content (AvgIpc) is 3.19. The zero-order chi connectivity index (χ0) is 23.2. The highest BCUT2D eigenvalue weighted by atomic mass is 16.3. The molecule has 0 amide bonds. The van der Waals surface area contributed by atoms with E-state index in [1.165, 1.54) is 16.7 Å². The summed E-state index contributed by atoms with van der Waals surface area (Å²) >= 11 is 0. The third kappa shape index (κ3) is 3.82. The SMILES string of the molecule is Cc1cnc(-c2cc(C(C)(C)c3ccccc3)c3oc4ccccc4c3n2)cc1CC(C)C. The zero-order valence-electron chi connectivity index (χ0n) is 20.0. The van der Waals surface area contributed by atoms with Crippen molar-refractivity contribution in [2.45, 2.75) is 46.5 Å². The summed E-state index contributed by atoms with van der Waals surface area (Å²) in [5.41, 5.74) is 9.06. The molecule has 0 atom stereocenters. The van der Waals surface area contributed by atoms with Gasteiger partial charge in [0.15, 0.2) is 5.58 Å². The number of hydrogen-bond acceptors (Lipinski definition) is 3. The molecule has 0 saturated heterocycles. The quantitative estimate of drug-likeness (QED) is 0.282. The lowest BCUT2D eigenvalue weighted by Gasteiger charge is -2.26. The van der Waals surface area contributed by atoms with Crippen LogP contribution in [-0.2, 0) is 11.8 Å². The van der Waals surface area contributed by atoms with E-state index >= 15 is 0 Å². The van der Waals surface area contributed by atoms with Gasteiger partial charge in [-0.15, -0.1) is 0 Å². The maximum atomic E-state index is 6.39. The summed E-state index contributed by atoms with van der Waals surface area (Å²) in [7, 11) is 0. The van der Waals surface area contributed by atoms with E-state index in [9.17, 15) is 0 Å². The zero-order valence-corrected chi connectivity index (χ0v) is 20.0. The van der Waals surface area contributed by atoms with Gasteiger partial charge in [0.25, 0.3) is 0 Å². The van der Waals surface area contributed by atoms with Crippen molar-refractivity contribution in [3.63, 3.8) is 0 Å². The lowest BCUT2D eigenvalue weighted by atomic mass is 9.77. The van der Waals surface area contributed by atoms with Crippen LogP contribution in [0.2, 0.25) is 0 Å². The van der Waals surface area contributed by atoms with Crippen LogP contribution in [0.25, 0.3) is 33.5 Å². The van der Waals surface area contributed by atoms with E-state index in [2.05, 4.69) is 83.1 Å². The smallest absolute Gasteiger partial charge is 0.157 e. The van der Waals surface area contributed by atoms with Crippen molar-refractivity contribution in [1.82, 2.24) is 9.97 Å². The van der Waals surface area contributed by atoms with Crippen LogP contribution in [0.5, 0.6) is 0 Å². The van der Waals surface area contributed by atoms with E-state index < -0.39 is 0 Å². The van der Waals surface area contributed by atoms with E-state index in [-0.39, 0.29) is 5.41 Å². The summed E-state index contributed by atoms with van der Waals surface area (Å²) in [5, 5.41) is 1.04. The number of nitrogens with zero attached hydrogens (tertiary/aromatic N) is 2. The van der Waals surface area contributed by atoms with Gasteiger partial charge in [-0.3, -0.25) is 4.98 Å². The second-order valence-corrected chi connectivity index (χ2v) is 9.92. The highest BCUT2D eigenvalue weighted by Crippen LogP contribution is 2.40. The lowest BCUT2D eigenvalue weighted by Crippen LogP contribution is -2.19. The Bertz CT molecular complexity index is 1440. The largest absolute Gasteiger partial charge is 0.454 e. The Morgan fingerprint density at radius 3 is 2.39 bits per heavy atom. The molecule has 0 saturated carbocycles. The topological polar surface area (TPSA) is 38.9 Å². The molecule has 0 aliphatic carbocycles. The molecule has 166 valence electrons. The van der Waals surface area contributed by atoms with Gasteiger partial charge in [-0.05, 0) is 60.2 Å². The number of aryl methyl sites for hydroxylation is 1. The Morgan fingerprint density at radius 1 is 0.909 bits per heavy atom. The molecule has 5 rings (SSSR count). The molecule has 3 nitrogen and oxygen atoms in total. The van der Waals surface area contributed by atoms with Gasteiger partial charge in [-0.1, -0.05) is 70.2 Å². The molecular formula is C30H30N2O. The minimum atomic E-state index is -0.267. The Hall–Kier alpha value is -3.46. The first-order valence-electron chi connectivity index (χ1n) is 11.7. The van der Waals surface area contributed by atoms with E-state index in [0.29, 0.717) is 5.92 Å². The molecule has 2 aromatic carbocycles. The van der Waals surface area contributed by atoms with Crippen molar-refractivity contribution in [1.29, 1.82) is 0 Å². The fourth-order valence-corrected chi connectivity index (χ4v) is 4.65. The van der Waals surface area contributed by atoms with Crippen LogP contribution >= 0.6 is 0 Å². The summed E-state index contributed by atoms with van der Waals surface area (Å²) in [6.07, 6.45) is 3.01. The maximum Gasteiger partial charge on any atom is 0.157 e. The van der Waals surface area contributed by atoms with E-state index in [1.54, 1.807) is 0 Å². The summed E-state index contributed by atoms with van der Waals surface area (Å²) in [6, 6.07) is 23.1. The second-order valence-electron chi connectivity index (χ2n) is 9.92. The first-order valence-corrected chi connectivity index (χ1v) is 11.7. The number of benzene rings is 2. The van der Waals surface area contributed by atoms with Gasteiger partial charge in [0.05, 0.1) is 11.4 Å². The average molecular weight is 435 g/mol. The molecule has 0 radical (unpaired) electrons. The maximum absolute atomic E-state index is 6.39. The predicted molar refractivity (Wildman–Crippen MR) is 137 cm³/mol. The van der Waals surface area contributed by atoms with Gasteiger partial charge in [0, 0.05) is 22.6 Å². The van der Waals surface area contributed by atoms with Crippen molar-refractivity contribution >= 4 is 22.1 Å². The molecule has 3 heterocycles. The Labute approximate surface area is 195 Å². The van der Waals surface area contributed by atoms with Gasteiger partial charge in [-0.2, -0.15) is 0 Å². The first kappa shape index (κ1) is 21.4. The number of furan rings is 1. The Balaban J connectivity index is 1.79. The van der Waals surface area contributed by atoms with Crippen molar-refractivity contribution in [2.24, 2.45) is 5.92 Å². The van der Waals surface area contributed by atoms with Gasteiger partial charge in [0.1, 0.15) is 11.1 Å².